The van der Waals surface area contributed by atoms with Crippen LogP contribution in [0.25, 0.3) is 5.69 Å². The highest BCUT2D eigenvalue weighted by Gasteiger charge is 2.04. The van der Waals surface area contributed by atoms with Gasteiger partial charge < -0.3 is 0 Å². The Balaban J connectivity index is 2.55. The average molecular weight is 291 g/mol. The fourth-order valence-corrected chi connectivity index (χ4v) is 2.46. The third-order valence-corrected chi connectivity index (χ3v) is 3.76. The summed E-state index contributed by atoms with van der Waals surface area (Å²) >= 11 is 10.3. The number of hydrogen-bond donors (Lipinski definition) is 0. The zero-order chi connectivity index (χ0) is 10.1. The lowest BCUT2D eigenvalue weighted by molar-refractivity contribution is 1.12. The summed E-state index contributed by atoms with van der Waals surface area (Å²) in [4.78, 5) is 11.5. The van der Waals surface area contributed by atoms with Crippen LogP contribution in [-0.4, -0.2) is 3.96 Å². The Bertz CT molecular complexity index is 502. The van der Waals surface area contributed by atoms with E-state index in [4.69, 9.17) is 11.6 Å². The molecule has 2 aromatic rings. The minimum absolute atomic E-state index is 0.0441. The molecule has 0 aliphatic heterocycles. The molecule has 2 nitrogen and oxygen atoms in total. The highest BCUT2D eigenvalue weighted by atomic mass is 79.9. The molecule has 0 atom stereocenters. The maximum absolute atomic E-state index is 11.5. The van der Waals surface area contributed by atoms with Crippen LogP contribution in [-0.2, 0) is 0 Å². The van der Waals surface area contributed by atoms with E-state index in [-0.39, 0.29) is 5.56 Å². The normalized spacial score (nSPS) is 10.4. The molecule has 0 aliphatic carbocycles. The molecule has 5 heteroatoms. The summed E-state index contributed by atoms with van der Waals surface area (Å²) in [6, 6.07) is 7.15. The van der Waals surface area contributed by atoms with Crippen LogP contribution >= 0.6 is 39.1 Å². The Labute approximate surface area is 98.0 Å². The quantitative estimate of drug-likeness (QED) is 0.790. The van der Waals surface area contributed by atoms with Gasteiger partial charge in [0.25, 0.3) is 5.56 Å². The Kier molecular flexibility index (Phi) is 2.76. The highest BCUT2D eigenvalue weighted by Crippen LogP contribution is 2.16. The first-order valence-electron chi connectivity index (χ1n) is 3.81. The molecule has 0 saturated carbocycles. The molecule has 0 unspecified atom stereocenters. The minimum Gasteiger partial charge on any atom is -0.267 e. The van der Waals surface area contributed by atoms with Crippen molar-refractivity contribution in [2.75, 3.05) is 0 Å². The van der Waals surface area contributed by atoms with Gasteiger partial charge in [0.05, 0.1) is 10.2 Å². The molecule has 1 aromatic carbocycles. The number of rotatable bonds is 1. The highest BCUT2D eigenvalue weighted by molar-refractivity contribution is 9.10. The second kappa shape index (κ2) is 3.88. The van der Waals surface area contributed by atoms with Crippen molar-refractivity contribution in [2.24, 2.45) is 0 Å². The van der Waals surface area contributed by atoms with Gasteiger partial charge in [-0.2, -0.15) is 0 Å². The molecule has 2 rings (SSSR count). The molecule has 1 heterocycles. The van der Waals surface area contributed by atoms with E-state index >= 15 is 0 Å². The first-order valence-corrected chi connectivity index (χ1v) is 5.82. The maximum Gasteiger partial charge on any atom is 0.279 e. The maximum atomic E-state index is 11.5. The van der Waals surface area contributed by atoms with Gasteiger partial charge in [-0.3, -0.25) is 4.79 Å². The molecule has 14 heavy (non-hydrogen) atoms. The Morgan fingerprint density at radius 1 is 1.29 bits per heavy atom. The second-order valence-electron chi connectivity index (χ2n) is 2.65. The SMILES string of the molecule is O=c1c(Br)csn1-c1ccc(Cl)cc1. The smallest absolute Gasteiger partial charge is 0.267 e. The van der Waals surface area contributed by atoms with Gasteiger partial charge in [0.15, 0.2) is 0 Å². The molecule has 0 amide bonds. The predicted molar refractivity (Wildman–Crippen MR) is 62.6 cm³/mol. The number of halogens is 2. The van der Waals surface area contributed by atoms with Crippen LogP contribution in [0.5, 0.6) is 0 Å². The Hall–Kier alpha value is -0.580. The van der Waals surface area contributed by atoms with Gasteiger partial charge in [0, 0.05) is 10.4 Å². The lowest BCUT2D eigenvalue weighted by atomic mass is 10.3. The summed E-state index contributed by atoms with van der Waals surface area (Å²) in [5.74, 6) is 0. The minimum atomic E-state index is -0.0441. The van der Waals surface area contributed by atoms with E-state index in [1.54, 1.807) is 21.5 Å². The summed E-state index contributed by atoms with van der Waals surface area (Å²) in [7, 11) is 0. The molecule has 0 N–H and O–H groups in total. The lowest BCUT2D eigenvalue weighted by Gasteiger charge is -1.98. The van der Waals surface area contributed by atoms with Crippen LogP contribution in [0, 0.1) is 0 Å². The fourth-order valence-electron chi connectivity index (χ4n) is 1.05. The number of benzene rings is 1. The van der Waals surface area contributed by atoms with E-state index in [0.717, 1.165) is 5.69 Å². The molecule has 0 fully saturated rings. The Morgan fingerprint density at radius 2 is 1.93 bits per heavy atom. The molecule has 0 aliphatic rings. The zero-order valence-corrected chi connectivity index (χ0v) is 10.1. The molecule has 0 spiro atoms. The van der Waals surface area contributed by atoms with Gasteiger partial charge in [-0.25, -0.2) is 3.96 Å². The average Bonchev–Trinajstić information content (AvgIpc) is 2.50. The van der Waals surface area contributed by atoms with Gasteiger partial charge in [-0.15, -0.1) is 0 Å². The van der Waals surface area contributed by atoms with Crippen LogP contribution in [0.3, 0.4) is 0 Å². The van der Waals surface area contributed by atoms with Gasteiger partial charge >= 0.3 is 0 Å². The zero-order valence-electron chi connectivity index (χ0n) is 6.91. The van der Waals surface area contributed by atoms with Crippen molar-refractivity contribution in [3.63, 3.8) is 0 Å². The fraction of sp³-hybridized carbons (Fsp3) is 0. The molecule has 72 valence electrons. The Morgan fingerprint density at radius 3 is 2.43 bits per heavy atom. The second-order valence-corrected chi connectivity index (χ2v) is 4.75. The van der Waals surface area contributed by atoms with Crippen molar-refractivity contribution in [1.29, 1.82) is 0 Å². The summed E-state index contributed by atoms with van der Waals surface area (Å²) in [6.45, 7) is 0. The summed E-state index contributed by atoms with van der Waals surface area (Å²) in [6.07, 6.45) is 0. The predicted octanol–water partition coefficient (Wildman–Crippen LogP) is 3.31. The number of nitrogens with zero attached hydrogens (tertiary/aromatic N) is 1. The van der Waals surface area contributed by atoms with Gasteiger partial charge in [0.2, 0.25) is 0 Å². The van der Waals surface area contributed by atoms with Crippen molar-refractivity contribution in [3.8, 4) is 5.69 Å². The topological polar surface area (TPSA) is 22.0 Å². The first-order chi connectivity index (χ1) is 6.68. The standard InChI is InChI=1S/C9H5BrClNOS/c10-8-5-14-12(9(8)13)7-3-1-6(11)2-4-7/h1-5H. The van der Waals surface area contributed by atoms with E-state index in [1.807, 2.05) is 12.1 Å². The molecule has 1 aromatic heterocycles. The molecular weight excluding hydrogens is 286 g/mol. The number of aromatic nitrogens is 1. The molecule has 0 saturated heterocycles. The third kappa shape index (κ3) is 1.78. The third-order valence-electron chi connectivity index (χ3n) is 1.71. The van der Waals surface area contributed by atoms with E-state index in [1.165, 1.54) is 11.5 Å². The summed E-state index contributed by atoms with van der Waals surface area (Å²) in [5, 5.41) is 2.43. The van der Waals surface area contributed by atoms with Crippen LogP contribution in [0.15, 0.2) is 38.9 Å². The largest absolute Gasteiger partial charge is 0.279 e. The van der Waals surface area contributed by atoms with Crippen molar-refractivity contribution in [1.82, 2.24) is 3.96 Å². The molecular formula is C9H5BrClNOS. The van der Waals surface area contributed by atoms with Gasteiger partial charge in [-0.05, 0) is 40.2 Å². The molecule has 0 bridgehead atoms. The van der Waals surface area contributed by atoms with E-state index < -0.39 is 0 Å². The van der Waals surface area contributed by atoms with Crippen molar-refractivity contribution in [2.45, 2.75) is 0 Å². The van der Waals surface area contributed by atoms with E-state index in [9.17, 15) is 4.79 Å². The first kappa shape index (κ1) is 9.96. The van der Waals surface area contributed by atoms with Crippen LogP contribution in [0.2, 0.25) is 5.02 Å². The van der Waals surface area contributed by atoms with Crippen LogP contribution in [0.4, 0.5) is 0 Å². The van der Waals surface area contributed by atoms with Crippen LogP contribution in [0.1, 0.15) is 0 Å². The van der Waals surface area contributed by atoms with E-state index in [2.05, 4.69) is 15.9 Å². The van der Waals surface area contributed by atoms with Gasteiger partial charge in [-0.1, -0.05) is 23.1 Å². The van der Waals surface area contributed by atoms with Crippen molar-refractivity contribution < 1.29 is 0 Å². The van der Waals surface area contributed by atoms with Crippen molar-refractivity contribution >= 4 is 39.1 Å². The lowest BCUT2D eigenvalue weighted by Crippen LogP contribution is -2.10. The van der Waals surface area contributed by atoms with Crippen LogP contribution < -0.4 is 5.56 Å². The summed E-state index contributed by atoms with van der Waals surface area (Å²) < 4.78 is 2.18. The number of hydrogen-bond acceptors (Lipinski definition) is 2. The van der Waals surface area contributed by atoms with Crippen molar-refractivity contribution in [3.05, 3.63) is 49.5 Å². The van der Waals surface area contributed by atoms with E-state index in [0.29, 0.717) is 9.50 Å². The monoisotopic (exact) mass is 289 g/mol. The van der Waals surface area contributed by atoms with Gasteiger partial charge in [0.1, 0.15) is 0 Å². The molecule has 0 radical (unpaired) electrons. The summed E-state index contributed by atoms with van der Waals surface area (Å²) in [5.41, 5.74) is 0.785.